The van der Waals surface area contributed by atoms with Gasteiger partial charge in [0.25, 0.3) is 0 Å². The van der Waals surface area contributed by atoms with Gasteiger partial charge in [0.05, 0.1) is 0 Å². The van der Waals surface area contributed by atoms with Crippen molar-refractivity contribution in [1.29, 1.82) is 0 Å². The van der Waals surface area contributed by atoms with Crippen molar-refractivity contribution >= 4 is 0 Å². The Morgan fingerprint density at radius 3 is 2.24 bits per heavy atom. The van der Waals surface area contributed by atoms with Crippen LogP contribution in [0.25, 0.3) is 0 Å². The molecule has 0 spiro atoms. The van der Waals surface area contributed by atoms with Gasteiger partial charge in [-0.1, -0.05) is 51.5 Å². The van der Waals surface area contributed by atoms with Crippen LogP contribution in [0.3, 0.4) is 0 Å². The molecule has 0 saturated carbocycles. The zero-order chi connectivity index (χ0) is 12.7. The fourth-order valence-corrected chi connectivity index (χ4v) is 1.99. The first-order valence-corrected chi connectivity index (χ1v) is 6.98. The maximum atomic E-state index is 6.19. The summed E-state index contributed by atoms with van der Waals surface area (Å²) in [5, 5.41) is 0. The topological polar surface area (TPSA) is 26.0 Å². The van der Waals surface area contributed by atoms with E-state index in [9.17, 15) is 0 Å². The molecular formula is C16H27N. The van der Waals surface area contributed by atoms with Crippen LogP contribution in [0.4, 0.5) is 0 Å². The van der Waals surface area contributed by atoms with Crippen LogP contribution >= 0.6 is 0 Å². The van der Waals surface area contributed by atoms with Crippen molar-refractivity contribution < 1.29 is 0 Å². The first-order valence-electron chi connectivity index (χ1n) is 6.98. The predicted octanol–water partition coefficient (Wildman–Crippen LogP) is 4.47. The van der Waals surface area contributed by atoms with Crippen LogP contribution in [0.2, 0.25) is 0 Å². The lowest BCUT2D eigenvalue weighted by Crippen LogP contribution is -2.11. The highest BCUT2D eigenvalue weighted by Crippen LogP contribution is 2.19. The second-order valence-corrected chi connectivity index (χ2v) is 5.42. The van der Waals surface area contributed by atoms with E-state index in [4.69, 9.17) is 5.73 Å². The van der Waals surface area contributed by atoms with Crippen LogP contribution in [0.5, 0.6) is 0 Å². The SMILES string of the molecule is CCCCc1ccc(C(N)CCC(C)C)cc1. The molecular weight excluding hydrogens is 206 g/mol. The largest absolute Gasteiger partial charge is 0.324 e. The molecule has 1 heteroatoms. The first-order chi connectivity index (χ1) is 8.13. The summed E-state index contributed by atoms with van der Waals surface area (Å²) >= 11 is 0. The Morgan fingerprint density at radius 2 is 1.71 bits per heavy atom. The van der Waals surface area contributed by atoms with Gasteiger partial charge < -0.3 is 5.73 Å². The zero-order valence-electron chi connectivity index (χ0n) is 11.6. The van der Waals surface area contributed by atoms with Gasteiger partial charge in [-0.05, 0) is 42.7 Å². The van der Waals surface area contributed by atoms with Gasteiger partial charge in [-0.2, -0.15) is 0 Å². The van der Waals surface area contributed by atoms with E-state index in [1.807, 2.05) is 0 Å². The molecule has 2 N–H and O–H groups in total. The average molecular weight is 233 g/mol. The molecule has 0 aliphatic carbocycles. The normalized spacial score (nSPS) is 13.0. The summed E-state index contributed by atoms with van der Waals surface area (Å²) in [5.74, 6) is 0.741. The van der Waals surface area contributed by atoms with Gasteiger partial charge in [0, 0.05) is 6.04 Å². The Bertz CT molecular complexity index is 300. The minimum atomic E-state index is 0.206. The van der Waals surface area contributed by atoms with E-state index in [1.54, 1.807) is 0 Å². The molecule has 17 heavy (non-hydrogen) atoms. The molecule has 0 bridgehead atoms. The molecule has 1 unspecified atom stereocenters. The van der Waals surface area contributed by atoms with Gasteiger partial charge in [-0.3, -0.25) is 0 Å². The maximum absolute atomic E-state index is 6.19. The summed E-state index contributed by atoms with van der Waals surface area (Å²) in [4.78, 5) is 0. The van der Waals surface area contributed by atoms with Crippen molar-refractivity contribution in [2.75, 3.05) is 0 Å². The van der Waals surface area contributed by atoms with Crippen LogP contribution in [-0.4, -0.2) is 0 Å². The molecule has 1 atom stereocenters. The zero-order valence-corrected chi connectivity index (χ0v) is 11.6. The van der Waals surface area contributed by atoms with Crippen LogP contribution in [0.1, 0.15) is 63.6 Å². The van der Waals surface area contributed by atoms with Crippen molar-refractivity contribution in [3.05, 3.63) is 35.4 Å². The summed E-state index contributed by atoms with van der Waals surface area (Å²) < 4.78 is 0. The summed E-state index contributed by atoms with van der Waals surface area (Å²) in [6, 6.07) is 9.09. The summed E-state index contributed by atoms with van der Waals surface area (Å²) in [6.45, 7) is 6.73. The smallest absolute Gasteiger partial charge is 0.0294 e. The number of aryl methyl sites for hydroxylation is 1. The third-order valence-electron chi connectivity index (χ3n) is 3.28. The monoisotopic (exact) mass is 233 g/mol. The molecule has 1 nitrogen and oxygen atoms in total. The van der Waals surface area contributed by atoms with E-state index in [-0.39, 0.29) is 6.04 Å². The second kappa shape index (κ2) is 7.50. The highest BCUT2D eigenvalue weighted by molar-refractivity contribution is 5.24. The van der Waals surface area contributed by atoms with Crippen LogP contribution in [-0.2, 0) is 6.42 Å². The van der Waals surface area contributed by atoms with Gasteiger partial charge in [0.15, 0.2) is 0 Å². The second-order valence-electron chi connectivity index (χ2n) is 5.42. The number of rotatable bonds is 7. The van der Waals surface area contributed by atoms with Crippen LogP contribution in [0.15, 0.2) is 24.3 Å². The Labute approximate surface area is 106 Å². The average Bonchev–Trinajstić information content (AvgIpc) is 2.34. The van der Waals surface area contributed by atoms with Gasteiger partial charge in [-0.15, -0.1) is 0 Å². The molecule has 0 aliphatic rings. The number of unbranched alkanes of at least 4 members (excludes halogenated alkanes) is 1. The number of nitrogens with two attached hydrogens (primary N) is 1. The molecule has 0 saturated heterocycles. The van der Waals surface area contributed by atoms with Gasteiger partial charge >= 0.3 is 0 Å². The Hall–Kier alpha value is -0.820. The molecule has 0 aliphatic heterocycles. The van der Waals surface area contributed by atoms with Crippen molar-refractivity contribution in [2.45, 2.75) is 58.9 Å². The summed E-state index contributed by atoms with van der Waals surface area (Å²) in [5.41, 5.74) is 8.91. The molecule has 0 fully saturated rings. The molecule has 0 aromatic heterocycles. The molecule has 0 heterocycles. The summed E-state index contributed by atoms with van der Waals surface area (Å²) in [6.07, 6.45) is 6.02. The highest BCUT2D eigenvalue weighted by Gasteiger charge is 2.06. The lowest BCUT2D eigenvalue weighted by atomic mass is 9.97. The third-order valence-corrected chi connectivity index (χ3v) is 3.28. The van der Waals surface area contributed by atoms with Crippen LogP contribution < -0.4 is 5.73 Å². The minimum Gasteiger partial charge on any atom is -0.324 e. The van der Waals surface area contributed by atoms with Gasteiger partial charge in [0.1, 0.15) is 0 Å². The predicted molar refractivity (Wildman–Crippen MR) is 76.1 cm³/mol. The highest BCUT2D eigenvalue weighted by atomic mass is 14.6. The maximum Gasteiger partial charge on any atom is 0.0294 e. The fourth-order valence-electron chi connectivity index (χ4n) is 1.99. The third kappa shape index (κ3) is 5.36. The standard InChI is InChI=1S/C16H27N/c1-4-5-6-14-8-10-15(11-9-14)16(17)12-7-13(2)3/h8-11,13,16H,4-7,12,17H2,1-3H3. The number of hydrogen-bond donors (Lipinski definition) is 1. The van der Waals surface area contributed by atoms with E-state index < -0.39 is 0 Å². The minimum absolute atomic E-state index is 0.206. The lowest BCUT2D eigenvalue weighted by molar-refractivity contribution is 0.507. The molecule has 1 aromatic rings. The van der Waals surface area contributed by atoms with E-state index in [0.717, 1.165) is 12.3 Å². The van der Waals surface area contributed by atoms with E-state index in [2.05, 4.69) is 45.0 Å². The Kier molecular flexibility index (Phi) is 6.28. The quantitative estimate of drug-likeness (QED) is 0.739. The van der Waals surface area contributed by atoms with Crippen molar-refractivity contribution in [1.82, 2.24) is 0 Å². The molecule has 96 valence electrons. The molecule has 1 rings (SSSR count). The van der Waals surface area contributed by atoms with E-state index >= 15 is 0 Å². The van der Waals surface area contributed by atoms with E-state index in [0.29, 0.717) is 0 Å². The number of hydrogen-bond acceptors (Lipinski definition) is 1. The lowest BCUT2D eigenvalue weighted by Gasteiger charge is -2.14. The van der Waals surface area contributed by atoms with Crippen molar-refractivity contribution in [2.24, 2.45) is 11.7 Å². The molecule has 0 radical (unpaired) electrons. The van der Waals surface area contributed by atoms with Crippen LogP contribution in [0, 0.1) is 5.92 Å². The van der Waals surface area contributed by atoms with Gasteiger partial charge in [0.2, 0.25) is 0 Å². The van der Waals surface area contributed by atoms with Gasteiger partial charge in [-0.25, -0.2) is 0 Å². The Balaban J connectivity index is 2.48. The number of benzene rings is 1. The fraction of sp³-hybridized carbons (Fsp3) is 0.625. The van der Waals surface area contributed by atoms with Crippen molar-refractivity contribution in [3.8, 4) is 0 Å². The first kappa shape index (κ1) is 14.2. The van der Waals surface area contributed by atoms with Crippen molar-refractivity contribution in [3.63, 3.8) is 0 Å². The molecule has 0 amide bonds. The molecule has 1 aromatic carbocycles. The van der Waals surface area contributed by atoms with E-state index in [1.165, 1.54) is 36.8 Å². The summed E-state index contributed by atoms with van der Waals surface area (Å²) in [7, 11) is 0. The Morgan fingerprint density at radius 1 is 1.06 bits per heavy atom.